The van der Waals surface area contributed by atoms with E-state index in [9.17, 15) is 4.79 Å². The highest BCUT2D eigenvalue weighted by atomic mass is 32.1. The van der Waals surface area contributed by atoms with Gasteiger partial charge in [0.05, 0.1) is 5.56 Å². The summed E-state index contributed by atoms with van der Waals surface area (Å²) in [5, 5.41) is 1.86. The van der Waals surface area contributed by atoms with Crippen LogP contribution in [0.3, 0.4) is 0 Å². The second-order valence-electron chi connectivity index (χ2n) is 6.60. The van der Waals surface area contributed by atoms with E-state index < -0.39 is 0 Å². The number of hydrogen-bond donors (Lipinski definition) is 1. The molecule has 0 radical (unpaired) electrons. The monoisotopic (exact) mass is 343 g/mol. The first kappa shape index (κ1) is 17.1. The number of primary amides is 1. The number of piperidine rings is 1. The lowest BCUT2D eigenvalue weighted by molar-refractivity contribution is 0.1000. The van der Waals surface area contributed by atoms with Crippen molar-refractivity contribution in [1.29, 1.82) is 0 Å². The molecule has 24 heavy (non-hydrogen) atoms. The number of carbonyl (C=O) groups excluding carboxylic acids is 1. The van der Waals surface area contributed by atoms with Crippen molar-refractivity contribution in [3.05, 3.63) is 57.8 Å². The SMILES string of the molecule is CN(Cc1cc(C(N)=O)cs1)C1CCCN(Cc2ccccc2)C1. The predicted molar refractivity (Wildman–Crippen MR) is 99.0 cm³/mol. The largest absolute Gasteiger partial charge is 0.366 e. The van der Waals surface area contributed by atoms with Crippen LogP contribution in [0.5, 0.6) is 0 Å². The van der Waals surface area contributed by atoms with Crippen molar-refractivity contribution in [1.82, 2.24) is 9.80 Å². The lowest BCUT2D eigenvalue weighted by Crippen LogP contribution is -2.45. The third kappa shape index (κ3) is 4.44. The van der Waals surface area contributed by atoms with Gasteiger partial charge in [0.1, 0.15) is 0 Å². The van der Waals surface area contributed by atoms with E-state index >= 15 is 0 Å². The molecular formula is C19H25N3OS. The molecule has 1 unspecified atom stereocenters. The molecule has 3 rings (SSSR count). The Hall–Kier alpha value is -1.69. The molecule has 2 heterocycles. The first-order valence-corrected chi connectivity index (χ1v) is 9.33. The van der Waals surface area contributed by atoms with Gasteiger partial charge >= 0.3 is 0 Å². The maximum absolute atomic E-state index is 11.2. The molecule has 0 saturated carbocycles. The van der Waals surface area contributed by atoms with Gasteiger partial charge in [-0.3, -0.25) is 14.6 Å². The van der Waals surface area contributed by atoms with Crippen molar-refractivity contribution in [2.75, 3.05) is 20.1 Å². The molecule has 128 valence electrons. The van der Waals surface area contributed by atoms with E-state index in [2.05, 4.69) is 47.2 Å². The minimum atomic E-state index is -0.341. The highest BCUT2D eigenvalue weighted by Crippen LogP contribution is 2.21. The number of nitrogens with zero attached hydrogens (tertiary/aromatic N) is 2. The highest BCUT2D eigenvalue weighted by Gasteiger charge is 2.23. The summed E-state index contributed by atoms with van der Waals surface area (Å²) in [5.41, 5.74) is 7.34. The maximum Gasteiger partial charge on any atom is 0.249 e. The van der Waals surface area contributed by atoms with Crippen molar-refractivity contribution in [2.24, 2.45) is 5.73 Å². The van der Waals surface area contributed by atoms with E-state index in [0.717, 1.165) is 19.6 Å². The van der Waals surface area contributed by atoms with Gasteiger partial charge in [0.2, 0.25) is 5.91 Å². The van der Waals surface area contributed by atoms with Gasteiger partial charge in [-0.15, -0.1) is 11.3 Å². The molecule has 1 aromatic heterocycles. The highest BCUT2D eigenvalue weighted by molar-refractivity contribution is 7.10. The molecule has 0 spiro atoms. The van der Waals surface area contributed by atoms with Crippen LogP contribution < -0.4 is 5.73 Å². The fraction of sp³-hybridized carbons (Fsp3) is 0.421. The number of nitrogens with two attached hydrogens (primary N) is 1. The molecule has 1 atom stereocenters. The summed E-state index contributed by atoms with van der Waals surface area (Å²) in [6, 6.07) is 13.2. The zero-order chi connectivity index (χ0) is 16.9. The number of carbonyl (C=O) groups is 1. The number of hydrogen-bond acceptors (Lipinski definition) is 4. The van der Waals surface area contributed by atoms with Crippen LogP contribution in [0.25, 0.3) is 0 Å². The molecule has 1 aliphatic rings. The molecule has 1 aliphatic heterocycles. The number of thiophene rings is 1. The van der Waals surface area contributed by atoms with Crippen molar-refractivity contribution < 1.29 is 4.79 Å². The first-order valence-electron chi connectivity index (χ1n) is 8.45. The fourth-order valence-corrected chi connectivity index (χ4v) is 4.28. The van der Waals surface area contributed by atoms with Gasteiger partial charge in [0.25, 0.3) is 0 Å². The normalized spacial score (nSPS) is 18.8. The van der Waals surface area contributed by atoms with Gasteiger partial charge in [0.15, 0.2) is 0 Å². The van der Waals surface area contributed by atoms with Crippen molar-refractivity contribution >= 4 is 17.2 Å². The summed E-state index contributed by atoms with van der Waals surface area (Å²) in [7, 11) is 2.18. The Morgan fingerprint density at radius 3 is 2.88 bits per heavy atom. The standard InChI is InChI=1S/C19H25N3OS/c1-21(13-18-10-16(14-24-18)19(20)23)17-8-5-9-22(12-17)11-15-6-3-2-4-7-15/h2-4,6-7,10,14,17H,5,8-9,11-13H2,1H3,(H2,20,23). The van der Waals surface area contributed by atoms with Crippen LogP contribution in [0, 0.1) is 0 Å². The van der Waals surface area contributed by atoms with Crippen LogP contribution in [-0.4, -0.2) is 41.9 Å². The summed E-state index contributed by atoms with van der Waals surface area (Å²) < 4.78 is 0. The molecule has 2 aromatic rings. The number of likely N-dealkylation sites (tertiary alicyclic amines) is 1. The van der Waals surface area contributed by atoms with Crippen molar-refractivity contribution in [2.45, 2.75) is 32.0 Å². The third-order valence-corrected chi connectivity index (χ3v) is 5.62. The van der Waals surface area contributed by atoms with E-state index in [-0.39, 0.29) is 5.91 Å². The third-order valence-electron chi connectivity index (χ3n) is 4.70. The molecule has 5 heteroatoms. The van der Waals surface area contributed by atoms with E-state index in [1.807, 2.05) is 11.4 Å². The topological polar surface area (TPSA) is 49.6 Å². The smallest absolute Gasteiger partial charge is 0.249 e. The summed E-state index contributed by atoms with van der Waals surface area (Å²) in [6.45, 7) is 4.17. The van der Waals surface area contributed by atoms with Crippen LogP contribution >= 0.6 is 11.3 Å². The Morgan fingerprint density at radius 2 is 2.17 bits per heavy atom. The number of benzene rings is 1. The summed E-state index contributed by atoms with van der Waals surface area (Å²) in [5.74, 6) is -0.341. The Kier molecular flexibility index (Phi) is 5.66. The van der Waals surface area contributed by atoms with E-state index in [1.165, 1.54) is 29.8 Å². The minimum Gasteiger partial charge on any atom is -0.366 e. The summed E-state index contributed by atoms with van der Waals surface area (Å²) in [4.78, 5) is 17.4. The first-order chi connectivity index (χ1) is 11.6. The van der Waals surface area contributed by atoms with Gasteiger partial charge in [-0.25, -0.2) is 0 Å². The maximum atomic E-state index is 11.2. The zero-order valence-corrected chi connectivity index (χ0v) is 15.0. The molecule has 1 amide bonds. The molecule has 2 N–H and O–H groups in total. The summed E-state index contributed by atoms with van der Waals surface area (Å²) >= 11 is 1.62. The second-order valence-corrected chi connectivity index (χ2v) is 7.59. The Labute approximate surface area is 147 Å². The van der Waals surface area contributed by atoms with Gasteiger partial charge < -0.3 is 5.73 Å². The van der Waals surface area contributed by atoms with Crippen LogP contribution in [0.15, 0.2) is 41.8 Å². The molecule has 4 nitrogen and oxygen atoms in total. The van der Waals surface area contributed by atoms with Gasteiger partial charge in [-0.2, -0.15) is 0 Å². The summed E-state index contributed by atoms with van der Waals surface area (Å²) in [6.07, 6.45) is 2.47. The van der Waals surface area contributed by atoms with Gasteiger partial charge in [-0.05, 0) is 38.1 Å². The lowest BCUT2D eigenvalue weighted by atomic mass is 10.0. The van der Waals surface area contributed by atoms with E-state index in [4.69, 9.17) is 5.73 Å². The van der Waals surface area contributed by atoms with E-state index in [1.54, 1.807) is 11.3 Å². The Morgan fingerprint density at radius 1 is 1.38 bits per heavy atom. The van der Waals surface area contributed by atoms with Crippen molar-refractivity contribution in [3.8, 4) is 0 Å². The van der Waals surface area contributed by atoms with Crippen LogP contribution in [0.4, 0.5) is 0 Å². The Balaban J connectivity index is 1.56. The molecule has 1 saturated heterocycles. The number of amides is 1. The minimum absolute atomic E-state index is 0.341. The second kappa shape index (κ2) is 7.92. The molecule has 0 aliphatic carbocycles. The fourth-order valence-electron chi connectivity index (χ4n) is 3.34. The molecule has 1 fully saturated rings. The van der Waals surface area contributed by atoms with Crippen LogP contribution in [0.1, 0.15) is 33.6 Å². The number of likely N-dealkylation sites (N-methyl/N-ethyl adjacent to an activating group) is 1. The molecule has 1 aromatic carbocycles. The molecule has 0 bridgehead atoms. The van der Waals surface area contributed by atoms with Crippen LogP contribution in [-0.2, 0) is 13.1 Å². The lowest BCUT2D eigenvalue weighted by Gasteiger charge is -2.37. The quantitative estimate of drug-likeness (QED) is 0.877. The predicted octanol–water partition coefficient (Wildman–Crippen LogP) is 2.94. The van der Waals surface area contributed by atoms with Gasteiger partial charge in [0, 0.05) is 35.9 Å². The van der Waals surface area contributed by atoms with E-state index in [0.29, 0.717) is 11.6 Å². The molecular weight excluding hydrogens is 318 g/mol. The Bertz CT molecular complexity index is 670. The van der Waals surface area contributed by atoms with Crippen molar-refractivity contribution in [3.63, 3.8) is 0 Å². The number of rotatable bonds is 6. The van der Waals surface area contributed by atoms with Gasteiger partial charge in [-0.1, -0.05) is 30.3 Å². The average molecular weight is 343 g/mol. The van der Waals surface area contributed by atoms with Crippen LogP contribution in [0.2, 0.25) is 0 Å². The average Bonchev–Trinajstić information content (AvgIpc) is 3.05. The zero-order valence-electron chi connectivity index (χ0n) is 14.1.